The minimum absolute atomic E-state index is 0.683. The van der Waals surface area contributed by atoms with Gasteiger partial charge < -0.3 is 5.73 Å². The van der Waals surface area contributed by atoms with Crippen LogP contribution in [0.3, 0.4) is 0 Å². The quantitative estimate of drug-likeness (QED) is 0.747. The van der Waals surface area contributed by atoms with Crippen molar-refractivity contribution in [2.75, 3.05) is 5.73 Å². The van der Waals surface area contributed by atoms with Crippen molar-refractivity contribution in [1.29, 1.82) is 0 Å². The molecule has 5 heteroatoms. The average molecular weight is 282 g/mol. The number of nitrogens with zero attached hydrogens (tertiary/aromatic N) is 3. The van der Waals surface area contributed by atoms with E-state index >= 15 is 0 Å². The van der Waals surface area contributed by atoms with Gasteiger partial charge in [-0.15, -0.1) is 0 Å². The van der Waals surface area contributed by atoms with Gasteiger partial charge in [0, 0.05) is 11.9 Å². The molecular weight excluding hydrogens is 268 g/mol. The van der Waals surface area contributed by atoms with Crippen LogP contribution in [0.5, 0.6) is 0 Å². The third kappa shape index (κ3) is 3.00. The Kier molecular flexibility index (Phi) is 3.69. The predicted molar refractivity (Wildman–Crippen MR) is 81.8 cm³/mol. The zero-order valence-electron chi connectivity index (χ0n) is 10.8. The number of hydrogen-bond donors (Lipinski definition) is 1. The highest BCUT2D eigenvalue weighted by Gasteiger charge is 2.02. The fourth-order valence-electron chi connectivity index (χ4n) is 1.79. The van der Waals surface area contributed by atoms with Crippen molar-refractivity contribution in [3.63, 3.8) is 0 Å². The van der Waals surface area contributed by atoms with Crippen molar-refractivity contribution >= 4 is 17.4 Å². The second-order valence-corrected chi connectivity index (χ2v) is 5.30. The van der Waals surface area contributed by atoms with E-state index in [4.69, 9.17) is 5.73 Å². The molecule has 0 aliphatic rings. The zero-order chi connectivity index (χ0) is 13.8. The molecule has 0 spiro atoms. The Balaban J connectivity index is 1.67. The Bertz CT molecular complexity index is 677. The van der Waals surface area contributed by atoms with Gasteiger partial charge in [-0.1, -0.05) is 30.0 Å². The van der Waals surface area contributed by atoms with Crippen LogP contribution < -0.4 is 5.73 Å². The number of pyridine rings is 1. The molecule has 0 amide bonds. The molecule has 0 saturated heterocycles. The number of nitrogens with two attached hydrogens (primary N) is 1. The van der Waals surface area contributed by atoms with E-state index in [-0.39, 0.29) is 0 Å². The molecular formula is C15H14N4S. The lowest BCUT2D eigenvalue weighted by Crippen LogP contribution is -1.95. The molecule has 1 aromatic carbocycles. The van der Waals surface area contributed by atoms with Crippen LogP contribution in [0, 0.1) is 0 Å². The van der Waals surface area contributed by atoms with E-state index in [9.17, 15) is 0 Å². The topological polar surface area (TPSA) is 56.7 Å². The molecule has 0 aliphatic carbocycles. The molecule has 2 N–H and O–H groups in total. The van der Waals surface area contributed by atoms with Crippen LogP contribution in [-0.2, 0) is 5.75 Å². The smallest absolute Gasteiger partial charge is 0.0965 e. The van der Waals surface area contributed by atoms with Crippen LogP contribution >= 0.6 is 11.8 Å². The summed E-state index contributed by atoms with van der Waals surface area (Å²) in [6, 6.07) is 15.9. The van der Waals surface area contributed by atoms with Crippen LogP contribution in [0.15, 0.2) is 66.0 Å². The summed E-state index contributed by atoms with van der Waals surface area (Å²) in [4.78, 5) is 4.26. The zero-order valence-corrected chi connectivity index (χ0v) is 11.6. The molecule has 0 bridgehead atoms. The van der Waals surface area contributed by atoms with E-state index in [2.05, 4.69) is 10.1 Å². The van der Waals surface area contributed by atoms with E-state index in [1.54, 1.807) is 18.0 Å². The summed E-state index contributed by atoms with van der Waals surface area (Å²) in [6.07, 6.45) is 3.65. The highest BCUT2D eigenvalue weighted by Crippen LogP contribution is 2.20. The Morgan fingerprint density at radius 1 is 1.05 bits per heavy atom. The SMILES string of the molecule is Nc1ccc(SCc2ccn(-c3ccccc3)n2)nc1. The first-order valence-corrected chi connectivity index (χ1v) is 7.24. The van der Waals surface area contributed by atoms with Crippen LogP contribution in [0.1, 0.15) is 5.69 Å². The largest absolute Gasteiger partial charge is 0.397 e. The lowest BCUT2D eigenvalue weighted by atomic mass is 10.3. The monoisotopic (exact) mass is 282 g/mol. The van der Waals surface area contributed by atoms with Crippen molar-refractivity contribution in [1.82, 2.24) is 14.8 Å². The van der Waals surface area contributed by atoms with Gasteiger partial charge in [0.2, 0.25) is 0 Å². The first-order chi connectivity index (χ1) is 9.81. The second-order valence-electron chi connectivity index (χ2n) is 4.31. The minimum atomic E-state index is 0.683. The fourth-order valence-corrected chi connectivity index (χ4v) is 2.53. The standard InChI is InChI=1S/C15H14N4S/c16-12-6-7-15(17-10-12)20-11-13-8-9-19(18-13)14-4-2-1-3-5-14/h1-10H,11,16H2. The second kappa shape index (κ2) is 5.79. The number of benzene rings is 1. The van der Waals surface area contributed by atoms with Gasteiger partial charge >= 0.3 is 0 Å². The number of para-hydroxylation sites is 1. The van der Waals surface area contributed by atoms with Crippen LogP contribution in [0.4, 0.5) is 5.69 Å². The number of thioether (sulfide) groups is 1. The van der Waals surface area contributed by atoms with Crippen LogP contribution in [0.25, 0.3) is 5.69 Å². The molecule has 2 heterocycles. The van der Waals surface area contributed by atoms with Crippen molar-refractivity contribution < 1.29 is 0 Å². The molecule has 4 nitrogen and oxygen atoms in total. The van der Waals surface area contributed by atoms with E-state index in [0.717, 1.165) is 22.2 Å². The summed E-state index contributed by atoms with van der Waals surface area (Å²) in [6.45, 7) is 0. The van der Waals surface area contributed by atoms with E-state index < -0.39 is 0 Å². The Morgan fingerprint density at radius 2 is 1.90 bits per heavy atom. The molecule has 0 fully saturated rings. The van der Waals surface area contributed by atoms with Gasteiger partial charge in [-0.05, 0) is 30.3 Å². The number of anilines is 1. The van der Waals surface area contributed by atoms with Crippen LogP contribution in [0.2, 0.25) is 0 Å². The lowest BCUT2D eigenvalue weighted by Gasteiger charge is -2.01. The first kappa shape index (κ1) is 12.7. The Morgan fingerprint density at radius 3 is 2.65 bits per heavy atom. The third-order valence-corrected chi connectivity index (χ3v) is 3.77. The maximum atomic E-state index is 5.61. The molecule has 20 heavy (non-hydrogen) atoms. The van der Waals surface area contributed by atoms with E-state index in [1.165, 1.54) is 0 Å². The summed E-state index contributed by atoms with van der Waals surface area (Å²) in [5, 5.41) is 5.51. The Hall–Kier alpha value is -2.27. The summed E-state index contributed by atoms with van der Waals surface area (Å²) >= 11 is 1.65. The minimum Gasteiger partial charge on any atom is -0.397 e. The van der Waals surface area contributed by atoms with Gasteiger partial charge in [0.25, 0.3) is 0 Å². The lowest BCUT2D eigenvalue weighted by molar-refractivity contribution is 0.859. The van der Waals surface area contributed by atoms with Gasteiger partial charge in [0.05, 0.1) is 28.3 Å². The Labute approximate surface area is 121 Å². The first-order valence-electron chi connectivity index (χ1n) is 6.25. The molecule has 100 valence electrons. The predicted octanol–water partition coefficient (Wildman–Crippen LogP) is 3.14. The van der Waals surface area contributed by atoms with Gasteiger partial charge in [-0.25, -0.2) is 9.67 Å². The molecule has 0 atom stereocenters. The molecule has 0 radical (unpaired) electrons. The molecule has 0 saturated carbocycles. The maximum Gasteiger partial charge on any atom is 0.0965 e. The summed E-state index contributed by atoms with van der Waals surface area (Å²) in [7, 11) is 0. The summed E-state index contributed by atoms with van der Waals surface area (Å²) < 4.78 is 1.88. The van der Waals surface area contributed by atoms with Crippen molar-refractivity contribution in [2.45, 2.75) is 10.8 Å². The number of rotatable bonds is 4. The van der Waals surface area contributed by atoms with Crippen molar-refractivity contribution in [3.05, 3.63) is 66.6 Å². The molecule has 3 rings (SSSR count). The molecule has 2 aromatic heterocycles. The van der Waals surface area contributed by atoms with Crippen molar-refractivity contribution in [2.24, 2.45) is 0 Å². The van der Waals surface area contributed by atoms with Gasteiger partial charge in [0.15, 0.2) is 0 Å². The number of hydrogen-bond acceptors (Lipinski definition) is 4. The van der Waals surface area contributed by atoms with Gasteiger partial charge in [-0.3, -0.25) is 0 Å². The van der Waals surface area contributed by atoms with Crippen LogP contribution in [-0.4, -0.2) is 14.8 Å². The highest BCUT2D eigenvalue weighted by atomic mass is 32.2. The van der Waals surface area contributed by atoms with Crippen molar-refractivity contribution in [3.8, 4) is 5.69 Å². The summed E-state index contributed by atoms with van der Waals surface area (Å²) in [5.41, 5.74) is 8.39. The fraction of sp³-hybridized carbons (Fsp3) is 0.0667. The van der Waals surface area contributed by atoms with E-state index in [0.29, 0.717) is 5.69 Å². The third-order valence-electron chi connectivity index (χ3n) is 2.79. The van der Waals surface area contributed by atoms with Gasteiger partial charge in [-0.2, -0.15) is 5.10 Å². The maximum absolute atomic E-state index is 5.61. The normalized spacial score (nSPS) is 10.6. The number of aromatic nitrogens is 3. The molecule has 0 unspecified atom stereocenters. The van der Waals surface area contributed by atoms with Gasteiger partial charge in [0.1, 0.15) is 0 Å². The highest BCUT2D eigenvalue weighted by molar-refractivity contribution is 7.98. The molecule has 3 aromatic rings. The summed E-state index contributed by atoms with van der Waals surface area (Å²) in [5.74, 6) is 0.788. The average Bonchev–Trinajstić information content (AvgIpc) is 2.97. The molecule has 0 aliphatic heterocycles. The van der Waals surface area contributed by atoms with E-state index in [1.807, 2.05) is 59.4 Å². The number of nitrogen functional groups attached to an aromatic ring is 1.